The molecule has 0 fully saturated rings. The Balaban J connectivity index is 1.13. The third-order valence-electron chi connectivity index (χ3n) is 11.6. The van der Waals surface area contributed by atoms with E-state index in [9.17, 15) is 0 Å². The summed E-state index contributed by atoms with van der Waals surface area (Å²) < 4.78 is 0. The van der Waals surface area contributed by atoms with Gasteiger partial charge in [-0.1, -0.05) is 143 Å². The molecule has 0 heterocycles. The maximum atomic E-state index is 2.51. The maximum Gasteiger partial charge on any atom is 0.0159 e. The first-order valence-corrected chi connectivity index (χ1v) is 17.2. The van der Waals surface area contributed by atoms with Crippen LogP contribution in [0.3, 0.4) is 0 Å². The second-order valence-corrected chi connectivity index (χ2v) is 14.9. The van der Waals surface area contributed by atoms with E-state index >= 15 is 0 Å². The minimum absolute atomic E-state index is 0.00764. The zero-order valence-corrected chi connectivity index (χ0v) is 27.9. The highest BCUT2D eigenvalue weighted by Crippen LogP contribution is 2.56. The van der Waals surface area contributed by atoms with E-state index in [1.54, 1.807) is 0 Å². The summed E-state index contributed by atoms with van der Waals surface area (Å²) in [4.78, 5) is 0. The van der Waals surface area contributed by atoms with Crippen LogP contribution < -0.4 is 0 Å². The van der Waals surface area contributed by atoms with E-state index in [4.69, 9.17) is 0 Å². The standard InChI is InChI=1S/C48H36/c1-47(2)42-19-10-9-18-36(42)40-27-45-41(28-44(40)47)37-22-21-31(26-43(37)48(45,3)4)30-14-11-15-33(24-30)46-35-17-8-6-13-32(35)25-39-34-16-7-5-12-29(34)20-23-38(39)46/h5-28H,1-4H3. The molecule has 8 aromatic rings. The van der Waals surface area contributed by atoms with Crippen molar-refractivity contribution in [2.45, 2.75) is 38.5 Å². The van der Waals surface area contributed by atoms with Crippen LogP contribution in [0, 0.1) is 0 Å². The fourth-order valence-corrected chi connectivity index (χ4v) is 9.09. The van der Waals surface area contributed by atoms with E-state index in [2.05, 4.69) is 173 Å². The van der Waals surface area contributed by atoms with Gasteiger partial charge in [-0.2, -0.15) is 0 Å². The van der Waals surface area contributed by atoms with Crippen LogP contribution in [0.5, 0.6) is 0 Å². The molecule has 0 N–H and O–H groups in total. The van der Waals surface area contributed by atoms with Gasteiger partial charge in [-0.15, -0.1) is 0 Å². The van der Waals surface area contributed by atoms with Gasteiger partial charge in [0.25, 0.3) is 0 Å². The zero-order valence-electron chi connectivity index (χ0n) is 27.9. The van der Waals surface area contributed by atoms with Crippen molar-refractivity contribution in [2.24, 2.45) is 0 Å². The van der Waals surface area contributed by atoms with Crippen LogP contribution in [0.2, 0.25) is 0 Å². The topological polar surface area (TPSA) is 0 Å². The molecule has 0 atom stereocenters. The van der Waals surface area contributed by atoms with Crippen molar-refractivity contribution in [3.8, 4) is 44.5 Å². The highest BCUT2D eigenvalue weighted by Gasteiger charge is 2.41. The summed E-state index contributed by atoms with van der Waals surface area (Å²) in [6.07, 6.45) is 0. The van der Waals surface area contributed by atoms with Crippen molar-refractivity contribution < 1.29 is 0 Å². The average molecular weight is 613 g/mol. The third kappa shape index (κ3) is 3.66. The van der Waals surface area contributed by atoms with Crippen LogP contribution in [0.25, 0.3) is 76.8 Å². The van der Waals surface area contributed by atoms with Gasteiger partial charge in [0.1, 0.15) is 0 Å². The lowest BCUT2D eigenvalue weighted by atomic mass is 9.79. The van der Waals surface area contributed by atoms with Crippen molar-refractivity contribution in [3.63, 3.8) is 0 Å². The van der Waals surface area contributed by atoms with E-state index < -0.39 is 0 Å². The fraction of sp³-hybridized carbons (Fsp3) is 0.125. The molecule has 0 spiro atoms. The summed E-state index contributed by atoms with van der Waals surface area (Å²) in [7, 11) is 0. The predicted octanol–water partition coefficient (Wildman–Crippen LogP) is 13.1. The SMILES string of the molecule is CC1(C)c2ccccc2-c2cc3c(cc21)-c1ccc(-c2cccc(-c4c5ccccc5cc5c4ccc4ccccc45)c2)cc1C3(C)C. The molecule has 228 valence electrons. The lowest BCUT2D eigenvalue weighted by Gasteiger charge is -2.24. The molecule has 2 aliphatic carbocycles. The number of fused-ring (bicyclic) bond motifs is 10. The number of benzene rings is 8. The molecule has 0 aliphatic heterocycles. The van der Waals surface area contributed by atoms with Crippen LogP contribution in [-0.2, 0) is 10.8 Å². The summed E-state index contributed by atoms with van der Waals surface area (Å²) in [5, 5.41) is 7.75. The highest BCUT2D eigenvalue weighted by atomic mass is 14.4. The largest absolute Gasteiger partial charge is 0.0619 e. The van der Waals surface area contributed by atoms with Crippen LogP contribution in [0.4, 0.5) is 0 Å². The van der Waals surface area contributed by atoms with Crippen molar-refractivity contribution in [2.75, 3.05) is 0 Å². The number of hydrogen-bond acceptors (Lipinski definition) is 0. The molecule has 0 nitrogen and oxygen atoms in total. The Labute approximate surface area is 282 Å². The van der Waals surface area contributed by atoms with Gasteiger partial charge < -0.3 is 0 Å². The molecule has 0 saturated heterocycles. The van der Waals surface area contributed by atoms with Crippen LogP contribution in [-0.4, -0.2) is 0 Å². The molecule has 2 aliphatic rings. The Morgan fingerprint density at radius 2 is 0.917 bits per heavy atom. The average Bonchev–Trinajstić information content (AvgIpc) is 3.48. The van der Waals surface area contributed by atoms with Crippen molar-refractivity contribution >= 4 is 32.3 Å². The fourth-order valence-electron chi connectivity index (χ4n) is 9.09. The first kappa shape index (κ1) is 27.6. The Hall–Kier alpha value is -5.46. The van der Waals surface area contributed by atoms with Crippen molar-refractivity contribution in [3.05, 3.63) is 168 Å². The van der Waals surface area contributed by atoms with Gasteiger partial charge in [-0.3, -0.25) is 0 Å². The molecular formula is C48H36. The minimum Gasteiger partial charge on any atom is -0.0619 e. The molecule has 0 radical (unpaired) electrons. The molecule has 48 heavy (non-hydrogen) atoms. The van der Waals surface area contributed by atoms with Crippen LogP contribution in [0.15, 0.2) is 146 Å². The van der Waals surface area contributed by atoms with E-state index in [1.165, 1.54) is 99.1 Å². The first-order valence-electron chi connectivity index (χ1n) is 17.2. The molecule has 0 amide bonds. The summed E-state index contributed by atoms with van der Waals surface area (Å²) >= 11 is 0. The summed E-state index contributed by atoms with van der Waals surface area (Å²) in [5.41, 5.74) is 16.3. The van der Waals surface area contributed by atoms with E-state index in [-0.39, 0.29) is 10.8 Å². The van der Waals surface area contributed by atoms with E-state index in [0.717, 1.165) is 0 Å². The molecule has 0 saturated carbocycles. The Morgan fingerprint density at radius 3 is 1.73 bits per heavy atom. The van der Waals surface area contributed by atoms with Gasteiger partial charge in [0.05, 0.1) is 0 Å². The van der Waals surface area contributed by atoms with Crippen molar-refractivity contribution in [1.29, 1.82) is 0 Å². The monoisotopic (exact) mass is 612 g/mol. The quantitative estimate of drug-likeness (QED) is 0.135. The van der Waals surface area contributed by atoms with Gasteiger partial charge in [0.15, 0.2) is 0 Å². The summed E-state index contributed by atoms with van der Waals surface area (Å²) in [5.74, 6) is 0. The zero-order chi connectivity index (χ0) is 32.4. The molecular weight excluding hydrogens is 577 g/mol. The van der Waals surface area contributed by atoms with Gasteiger partial charge in [0, 0.05) is 10.8 Å². The van der Waals surface area contributed by atoms with Gasteiger partial charge >= 0.3 is 0 Å². The van der Waals surface area contributed by atoms with Gasteiger partial charge in [-0.25, -0.2) is 0 Å². The Bertz CT molecular complexity index is 2660. The lowest BCUT2D eigenvalue weighted by Crippen LogP contribution is -2.17. The van der Waals surface area contributed by atoms with Crippen LogP contribution >= 0.6 is 0 Å². The number of rotatable bonds is 2. The maximum absolute atomic E-state index is 2.51. The second-order valence-electron chi connectivity index (χ2n) is 14.9. The first-order chi connectivity index (χ1) is 23.3. The van der Waals surface area contributed by atoms with Crippen molar-refractivity contribution in [1.82, 2.24) is 0 Å². The molecule has 0 bridgehead atoms. The molecule has 8 aromatic carbocycles. The molecule has 10 rings (SSSR count). The smallest absolute Gasteiger partial charge is 0.0159 e. The molecule has 0 unspecified atom stereocenters. The Kier molecular flexibility index (Phi) is 5.50. The summed E-state index contributed by atoms with van der Waals surface area (Å²) in [6, 6.07) is 54.9. The number of hydrogen-bond donors (Lipinski definition) is 0. The van der Waals surface area contributed by atoms with E-state index in [1.807, 2.05) is 0 Å². The van der Waals surface area contributed by atoms with Gasteiger partial charge in [-0.05, 0) is 129 Å². The predicted molar refractivity (Wildman–Crippen MR) is 205 cm³/mol. The van der Waals surface area contributed by atoms with Crippen LogP contribution in [0.1, 0.15) is 49.9 Å². The molecule has 0 heteroatoms. The van der Waals surface area contributed by atoms with Gasteiger partial charge in [0.2, 0.25) is 0 Å². The lowest BCUT2D eigenvalue weighted by molar-refractivity contribution is 0.652. The van der Waals surface area contributed by atoms with E-state index in [0.29, 0.717) is 0 Å². The minimum atomic E-state index is -0.0954. The highest BCUT2D eigenvalue weighted by molar-refractivity contribution is 6.20. The second kappa shape index (κ2) is 9.55. The normalized spacial score (nSPS) is 15.0. The third-order valence-corrected chi connectivity index (χ3v) is 11.6. The summed E-state index contributed by atoms with van der Waals surface area (Å²) in [6.45, 7) is 9.57. The Morgan fingerprint density at radius 1 is 0.312 bits per heavy atom. The molecule has 0 aromatic heterocycles.